The minimum Gasteiger partial charge on any atom is -0.399 e. The van der Waals surface area contributed by atoms with Crippen LogP contribution in [-0.2, 0) is 0 Å². The van der Waals surface area contributed by atoms with Crippen molar-refractivity contribution in [3.05, 3.63) is 52.7 Å². The van der Waals surface area contributed by atoms with Crippen LogP contribution in [0.15, 0.2) is 52.5 Å². The summed E-state index contributed by atoms with van der Waals surface area (Å²) in [6, 6.07) is 10.4. The van der Waals surface area contributed by atoms with Crippen molar-refractivity contribution in [2.45, 2.75) is 9.92 Å². The molecular formula is C11H9N3O2S. The number of nitro groups is 1. The first-order valence-electron chi connectivity index (χ1n) is 4.79. The summed E-state index contributed by atoms with van der Waals surface area (Å²) in [4.78, 5) is 15.0. The van der Waals surface area contributed by atoms with Crippen LogP contribution in [0.1, 0.15) is 0 Å². The monoisotopic (exact) mass is 247 g/mol. The van der Waals surface area contributed by atoms with Crippen LogP contribution in [0.3, 0.4) is 0 Å². The molecule has 86 valence electrons. The molecule has 0 spiro atoms. The fraction of sp³-hybridized carbons (Fsp3) is 0. The summed E-state index contributed by atoms with van der Waals surface area (Å²) in [6.07, 6.45) is 1.25. The first kappa shape index (κ1) is 11.4. The molecule has 1 aromatic carbocycles. The molecule has 0 unspecified atom stereocenters. The van der Waals surface area contributed by atoms with Crippen molar-refractivity contribution in [3.8, 4) is 0 Å². The molecular weight excluding hydrogens is 238 g/mol. The topological polar surface area (TPSA) is 82.0 Å². The van der Waals surface area contributed by atoms with E-state index in [9.17, 15) is 10.1 Å². The minimum absolute atomic E-state index is 0.00773. The summed E-state index contributed by atoms with van der Waals surface area (Å²) in [5.41, 5.74) is 6.27. The quantitative estimate of drug-likeness (QED) is 0.512. The van der Waals surface area contributed by atoms with Gasteiger partial charge in [-0.3, -0.25) is 10.1 Å². The van der Waals surface area contributed by atoms with Crippen molar-refractivity contribution < 1.29 is 4.92 Å². The minimum atomic E-state index is -0.468. The Morgan fingerprint density at radius 1 is 1.18 bits per heavy atom. The summed E-state index contributed by atoms with van der Waals surface area (Å²) in [5.74, 6) is 0. The number of aromatic nitrogens is 1. The Morgan fingerprint density at radius 3 is 2.41 bits per heavy atom. The van der Waals surface area contributed by atoms with Gasteiger partial charge in [-0.05, 0) is 30.3 Å². The van der Waals surface area contributed by atoms with Crippen molar-refractivity contribution in [2.24, 2.45) is 0 Å². The fourth-order valence-electron chi connectivity index (χ4n) is 1.20. The number of hydrogen-bond donors (Lipinski definition) is 1. The van der Waals surface area contributed by atoms with Gasteiger partial charge in [0, 0.05) is 16.6 Å². The molecule has 0 bridgehead atoms. The highest BCUT2D eigenvalue weighted by Crippen LogP contribution is 2.27. The number of anilines is 1. The van der Waals surface area contributed by atoms with Gasteiger partial charge in [-0.1, -0.05) is 11.8 Å². The first-order valence-corrected chi connectivity index (χ1v) is 5.60. The highest BCUT2D eigenvalue weighted by atomic mass is 32.2. The van der Waals surface area contributed by atoms with E-state index in [1.54, 1.807) is 18.2 Å². The molecule has 0 aliphatic rings. The second-order valence-electron chi connectivity index (χ2n) is 3.28. The van der Waals surface area contributed by atoms with Gasteiger partial charge in [0.25, 0.3) is 5.69 Å². The molecule has 1 heterocycles. The van der Waals surface area contributed by atoms with Crippen LogP contribution in [0.2, 0.25) is 0 Å². The van der Waals surface area contributed by atoms with Gasteiger partial charge in [-0.15, -0.1) is 0 Å². The van der Waals surface area contributed by atoms with E-state index < -0.39 is 4.92 Å². The van der Waals surface area contributed by atoms with Gasteiger partial charge in [0.2, 0.25) is 0 Å². The van der Waals surface area contributed by atoms with Gasteiger partial charge in [0.05, 0.1) is 4.92 Å². The normalized spacial score (nSPS) is 10.1. The molecule has 5 nitrogen and oxygen atoms in total. The van der Waals surface area contributed by atoms with Crippen molar-refractivity contribution in [1.82, 2.24) is 4.98 Å². The van der Waals surface area contributed by atoms with E-state index in [1.165, 1.54) is 24.0 Å². The largest absolute Gasteiger partial charge is 0.399 e. The standard InChI is InChI=1S/C11H9N3O2S/c12-8-1-4-10(5-2-8)17-11-6-3-9(7-13-11)14(15)16/h1-7H,12H2. The summed E-state index contributed by atoms with van der Waals surface area (Å²) in [6.45, 7) is 0. The van der Waals surface area contributed by atoms with Crippen LogP contribution in [0.5, 0.6) is 0 Å². The maximum Gasteiger partial charge on any atom is 0.287 e. The maximum absolute atomic E-state index is 10.5. The number of nitrogens with two attached hydrogens (primary N) is 1. The van der Waals surface area contributed by atoms with Crippen LogP contribution in [-0.4, -0.2) is 9.91 Å². The molecule has 2 aromatic rings. The summed E-state index contributed by atoms with van der Waals surface area (Å²) in [7, 11) is 0. The third-order valence-electron chi connectivity index (χ3n) is 2.03. The first-order chi connectivity index (χ1) is 8.15. The van der Waals surface area contributed by atoms with Crippen molar-refractivity contribution in [3.63, 3.8) is 0 Å². The molecule has 0 fully saturated rings. The lowest BCUT2D eigenvalue weighted by atomic mass is 10.3. The number of rotatable bonds is 3. The molecule has 0 saturated heterocycles. The average Bonchev–Trinajstić information content (AvgIpc) is 2.33. The third kappa shape index (κ3) is 2.94. The predicted octanol–water partition coefficient (Wildman–Crippen LogP) is 2.72. The van der Waals surface area contributed by atoms with Crippen LogP contribution in [0, 0.1) is 10.1 Å². The average molecular weight is 247 g/mol. The summed E-state index contributed by atoms with van der Waals surface area (Å²) >= 11 is 1.43. The van der Waals surface area contributed by atoms with Gasteiger partial charge >= 0.3 is 0 Å². The molecule has 2 rings (SSSR count). The SMILES string of the molecule is Nc1ccc(Sc2ccc([N+](=O)[O-])cn2)cc1. The zero-order chi connectivity index (χ0) is 12.3. The third-order valence-corrected chi connectivity index (χ3v) is 2.99. The Labute approximate surface area is 102 Å². The van der Waals surface area contributed by atoms with Crippen LogP contribution >= 0.6 is 11.8 Å². The number of nitrogen functional groups attached to an aromatic ring is 1. The van der Waals surface area contributed by atoms with Gasteiger partial charge < -0.3 is 5.73 Å². The highest BCUT2D eigenvalue weighted by Gasteiger charge is 2.05. The summed E-state index contributed by atoms with van der Waals surface area (Å²) < 4.78 is 0. The lowest BCUT2D eigenvalue weighted by Crippen LogP contribution is -1.89. The van der Waals surface area contributed by atoms with Crippen molar-refractivity contribution >= 4 is 23.1 Å². The number of pyridine rings is 1. The molecule has 17 heavy (non-hydrogen) atoms. The molecule has 0 radical (unpaired) electrons. The molecule has 6 heteroatoms. The Hall–Kier alpha value is -2.08. The Morgan fingerprint density at radius 2 is 1.88 bits per heavy atom. The van der Waals surface area contributed by atoms with Gasteiger partial charge in [-0.25, -0.2) is 4.98 Å². The Kier molecular flexibility index (Phi) is 3.24. The fourth-order valence-corrected chi connectivity index (χ4v) is 1.95. The molecule has 2 N–H and O–H groups in total. The van der Waals surface area contributed by atoms with Crippen molar-refractivity contribution in [2.75, 3.05) is 5.73 Å². The molecule has 0 aliphatic heterocycles. The van der Waals surface area contributed by atoms with Crippen molar-refractivity contribution in [1.29, 1.82) is 0 Å². The van der Waals surface area contributed by atoms with E-state index in [-0.39, 0.29) is 5.69 Å². The molecule has 0 atom stereocenters. The molecule has 0 aliphatic carbocycles. The zero-order valence-electron chi connectivity index (χ0n) is 8.74. The van der Waals surface area contributed by atoms with E-state index in [2.05, 4.69) is 4.98 Å². The van der Waals surface area contributed by atoms with Gasteiger partial charge in [0.15, 0.2) is 0 Å². The van der Waals surface area contributed by atoms with E-state index in [0.717, 1.165) is 4.90 Å². The lowest BCUT2D eigenvalue weighted by Gasteiger charge is -2.00. The van der Waals surface area contributed by atoms with Crippen LogP contribution in [0.4, 0.5) is 11.4 Å². The zero-order valence-corrected chi connectivity index (χ0v) is 9.55. The molecule has 0 saturated carbocycles. The van der Waals surface area contributed by atoms with E-state index in [4.69, 9.17) is 5.73 Å². The van der Waals surface area contributed by atoms with E-state index in [1.807, 2.05) is 12.1 Å². The Bertz CT molecular complexity index is 525. The van der Waals surface area contributed by atoms with Gasteiger partial charge in [0.1, 0.15) is 11.2 Å². The number of hydrogen-bond acceptors (Lipinski definition) is 5. The van der Waals surface area contributed by atoms with E-state index >= 15 is 0 Å². The second-order valence-corrected chi connectivity index (χ2v) is 4.38. The molecule has 0 amide bonds. The second kappa shape index (κ2) is 4.84. The number of benzene rings is 1. The lowest BCUT2D eigenvalue weighted by molar-refractivity contribution is -0.385. The number of nitrogens with zero attached hydrogens (tertiary/aromatic N) is 2. The smallest absolute Gasteiger partial charge is 0.287 e. The van der Waals surface area contributed by atoms with Crippen LogP contribution < -0.4 is 5.73 Å². The van der Waals surface area contributed by atoms with E-state index in [0.29, 0.717) is 10.7 Å². The summed E-state index contributed by atoms with van der Waals surface area (Å²) in [5, 5.41) is 11.2. The predicted molar refractivity (Wildman–Crippen MR) is 65.9 cm³/mol. The molecule has 1 aromatic heterocycles. The highest BCUT2D eigenvalue weighted by molar-refractivity contribution is 7.99. The van der Waals surface area contributed by atoms with Gasteiger partial charge in [-0.2, -0.15) is 0 Å². The Balaban J connectivity index is 2.13. The van der Waals surface area contributed by atoms with Crippen LogP contribution in [0.25, 0.3) is 0 Å². The maximum atomic E-state index is 10.5.